The smallest absolute Gasteiger partial charge is 0.234 e. The fourth-order valence-electron chi connectivity index (χ4n) is 2.37. The van der Waals surface area contributed by atoms with Gasteiger partial charge in [-0.25, -0.2) is 8.78 Å². The maximum Gasteiger partial charge on any atom is 0.234 e. The van der Waals surface area contributed by atoms with Gasteiger partial charge in [0.1, 0.15) is 11.6 Å². The van der Waals surface area contributed by atoms with Gasteiger partial charge in [0.05, 0.1) is 5.92 Å². The van der Waals surface area contributed by atoms with Crippen molar-refractivity contribution >= 4 is 11.8 Å². The van der Waals surface area contributed by atoms with Crippen molar-refractivity contribution in [1.82, 2.24) is 5.32 Å². The molecule has 1 heterocycles. The van der Waals surface area contributed by atoms with E-state index in [1.807, 2.05) is 6.92 Å². The van der Waals surface area contributed by atoms with E-state index in [9.17, 15) is 18.4 Å². The van der Waals surface area contributed by atoms with Crippen molar-refractivity contribution < 1.29 is 18.4 Å². The lowest BCUT2D eigenvalue weighted by Gasteiger charge is -2.22. The number of amides is 2. The Balaban J connectivity index is 2.34. The second kappa shape index (κ2) is 5.47. The van der Waals surface area contributed by atoms with Gasteiger partial charge in [0.15, 0.2) is 0 Å². The SMILES string of the molecule is CCCc1cc(F)c(C2CCC(=O)NC2=O)c(F)c1. The minimum absolute atomic E-state index is 0.103. The summed E-state index contributed by atoms with van der Waals surface area (Å²) < 4.78 is 28.0. The Labute approximate surface area is 110 Å². The van der Waals surface area contributed by atoms with Crippen LogP contribution in [0.2, 0.25) is 0 Å². The van der Waals surface area contributed by atoms with Crippen molar-refractivity contribution in [2.45, 2.75) is 38.5 Å². The van der Waals surface area contributed by atoms with Crippen LogP contribution in [0.15, 0.2) is 12.1 Å². The Kier molecular flexibility index (Phi) is 3.93. The van der Waals surface area contributed by atoms with Crippen molar-refractivity contribution in [3.05, 3.63) is 34.9 Å². The highest BCUT2D eigenvalue weighted by Gasteiger charge is 2.32. The highest BCUT2D eigenvalue weighted by atomic mass is 19.1. The largest absolute Gasteiger partial charge is 0.296 e. The molecule has 102 valence electrons. The first-order valence-electron chi connectivity index (χ1n) is 6.34. The van der Waals surface area contributed by atoms with Gasteiger partial charge < -0.3 is 0 Å². The van der Waals surface area contributed by atoms with Crippen molar-refractivity contribution in [2.75, 3.05) is 0 Å². The van der Waals surface area contributed by atoms with E-state index in [4.69, 9.17) is 0 Å². The zero-order chi connectivity index (χ0) is 14.0. The number of nitrogens with one attached hydrogen (secondary N) is 1. The molecule has 1 unspecified atom stereocenters. The van der Waals surface area contributed by atoms with Gasteiger partial charge in [0.2, 0.25) is 11.8 Å². The van der Waals surface area contributed by atoms with E-state index < -0.39 is 29.4 Å². The Hall–Kier alpha value is -1.78. The van der Waals surface area contributed by atoms with Crippen LogP contribution in [-0.4, -0.2) is 11.8 Å². The number of piperidine rings is 1. The van der Waals surface area contributed by atoms with E-state index in [-0.39, 0.29) is 18.4 Å². The van der Waals surface area contributed by atoms with Crippen LogP contribution in [0.1, 0.15) is 43.2 Å². The van der Waals surface area contributed by atoms with Crippen LogP contribution in [0, 0.1) is 11.6 Å². The lowest BCUT2D eigenvalue weighted by molar-refractivity contribution is -0.134. The number of hydrogen-bond acceptors (Lipinski definition) is 2. The molecule has 1 atom stereocenters. The number of carbonyl (C=O) groups excluding carboxylic acids is 2. The maximum absolute atomic E-state index is 14.0. The van der Waals surface area contributed by atoms with E-state index in [1.165, 1.54) is 12.1 Å². The molecule has 1 aliphatic rings. The first-order chi connectivity index (χ1) is 9.02. The van der Waals surface area contributed by atoms with E-state index in [2.05, 4.69) is 5.32 Å². The molecule has 1 aromatic carbocycles. The van der Waals surface area contributed by atoms with Crippen molar-refractivity contribution in [2.24, 2.45) is 0 Å². The number of aryl methyl sites for hydroxylation is 1. The molecule has 2 amide bonds. The highest BCUT2D eigenvalue weighted by molar-refractivity contribution is 6.00. The van der Waals surface area contributed by atoms with Gasteiger partial charge in [0, 0.05) is 12.0 Å². The van der Waals surface area contributed by atoms with Crippen LogP contribution in [0.4, 0.5) is 8.78 Å². The Morgan fingerprint density at radius 3 is 2.42 bits per heavy atom. The Bertz CT molecular complexity index is 505. The molecule has 0 radical (unpaired) electrons. The third-order valence-electron chi connectivity index (χ3n) is 3.27. The van der Waals surface area contributed by atoms with E-state index in [1.54, 1.807) is 0 Å². The number of benzene rings is 1. The normalized spacial score (nSPS) is 19.4. The van der Waals surface area contributed by atoms with Crippen LogP contribution in [0.3, 0.4) is 0 Å². The average molecular weight is 267 g/mol. The molecule has 1 fully saturated rings. The van der Waals surface area contributed by atoms with Gasteiger partial charge in [-0.1, -0.05) is 13.3 Å². The molecule has 1 saturated heterocycles. The zero-order valence-electron chi connectivity index (χ0n) is 10.6. The van der Waals surface area contributed by atoms with Crippen molar-refractivity contribution in [1.29, 1.82) is 0 Å². The van der Waals surface area contributed by atoms with Crippen molar-refractivity contribution in [3.63, 3.8) is 0 Å². The zero-order valence-corrected chi connectivity index (χ0v) is 10.6. The highest BCUT2D eigenvalue weighted by Crippen LogP contribution is 2.30. The number of halogens is 2. The third kappa shape index (κ3) is 2.80. The summed E-state index contributed by atoms with van der Waals surface area (Å²) in [5, 5.41) is 2.11. The molecule has 3 nitrogen and oxygen atoms in total. The predicted molar refractivity (Wildman–Crippen MR) is 65.5 cm³/mol. The van der Waals surface area contributed by atoms with Crippen molar-refractivity contribution in [3.8, 4) is 0 Å². The molecule has 19 heavy (non-hydrogen) atoms. The van der Waals surface area contributed by atoms with Crippen LogP contribution >= 0.6 is 0 Å². The summed E-state index contributed by atoms with van der Waals surface area (Å²) in [6.45, 7) is 1.92. The molecule has 0 bridgehead atoms. The lowest BCUT2D eigenvalue weighted by Crippen LogP contribution is -2.40. The standard InChI is InChI=1S/C14H15F2NO2/c1-2-3-8-6-10(15)13(11(16)7-8)9-4-5-12(18)17-14(9)19/h6-7,9H,2-5H2,1H3,(H,17,18,19). The molecule has 1 aliphatic heterocycles. The summed E-state index contributed by atoms with van der Waals surface area (Å²) in [5.74, 6) is -3.37. The van der Waals surface area contributed by atoms with Crippen LogP contribution in [0.5, 0.6) is 0 Å². The molecule has 0 aromatic heterocycles. The summed E-state index contributed by atoms with van der Waals surface area (Å²) in [5.41, 5.74) is 0.346. The molecule has 1 N–H and O–H groups in total. The van der Waals surface area contributed by atoms with Gasteiger partial charge >= 0.3 is 0 Å². The van der Waals surface area contributed by atoms with Gasteiger partial charge in [-0.3, -0.25) is 14.9 Å². The first kappa shape index (κ1) is 13.6. The van der Waals surface area contributed by atoms with Gasteiger partial charge in [-0.15, -0.1) is 0 Å². The van der Waals surface area contributed by atoms with Gasteiger partial charge in [-0.2, -0.15) is 0 Å². The number of hydrogen-bond donors (Lipinski definition) is 1. The molecular weight excluding hydrogens is 252 g/mol. The van der Waals surface area contributed by atoms with E-state index in [0.717, 1.165) is 6.42 Å². The minimum Gasteiger partial charge on any atom is -0.296 e. The third-order valence-corrected chi connectivity index (χ3v) is 3.27. The van der Waals surface area contributed by atoms with Crippen LogP contribution in [0.25, 0.3) is 0 Å². The second-order valence-electron chi connectivity index (χ2n) is 4.73. The fourth-order valence-corrected chi connectivity index (χ4v) is 2.37. The molecular formula is C14H15F2NO2. The number of imide groups is 1. The van der Waals surface area contributed by atoms with E-state index in [0.29, 0.717) is 12.0 Å². The average Bonchev–Trinajstić information content (AvgIpc) is 2.31. The Morgan fingerprint density at radius 1 is 1.26 bits per heavy atom. The summed E-state index contributed by atoms with van der Waals surface area (Å²) in [6, 6.07) is 2.54. The van der Waals surface area contributed by atoms with Gasteiger partial charge in [0.25, 0.3) is 0 Å². The molecule has 0 aliphatic carbocycles. The van der Waals surface area contributed by atoms with Gasteiger partial charge in [-0.05, 0) is 30.5 Å². The molecule has 1 aromatic rings. The monoisotopic (exact) mass is 267 g/mol. The molecule has 0 saturated carbocycles. The topological polar surface area (TPSA) is 46.2 Å². The quantitative estimate of drug-likeness (QED) is 0.855. The van der Waals surface area contributed by atoms with Crippen LogP contribution in [-0.2, 0) is 16.0 Å². The summed E-state index contributed by atoms with van der Waals surface area (Å²) in [7, 11) is 0. The summed E-state index contributed by atoms with van der Waals surface area (Å²) in [4.78, 5) is 22.7. The summed E-state index contributed by atoms with van der Waals surface area (Å²) >= 11 is 0. The number of carbonyl (C=O) groups is 2. The first-order valence-corrected chi connectivity index (χ1v) is 6.34. The Morgan fingerprint density at radius 2 is 1.89 bits per heavy atom. The maximum atomic E-state index is 14.0. The second-order valence-corrected chi connectivity index (χ2v) is 4.73. The summed E-state index contributed by atoms with van der Waals surface area (Å²) in [6.07, 6.45) is 1.62. The van der Waals surface area contributed by atoms with Crippen LogP contribution < -0.4 is 5.32 Å². The molecule has 2 rings (SSSR count). The fraction of sp³-hybridized carbons (Fsp3) is 0.429. The molecule has 0 spiro atoms. The van der Waals surface area contributed by atoms with E-state index >= 15 is 0 Å². The number of rotatable bonds is 3. The molecule has 5 heteroatoms. The minimum atomic E-state index is -0.923. The predicted octanol–water partition coefficient (Wildman–Crippen LogP) is 2.44. The lowest BCUT2D eigenvalue weighted by atomic mass is 9.89.